The molecule has 0 amide bonds. The lowest BCUT2D eigenvalue weighted by atomic mass is 9.51. The fourth-order valence-electron chi connectivity index (χ4n) is 6.95. The Hall–Kier alpha value is -2.83. The second kappa shape index (κ2) is 12.4. The number of hydrogen-bond donors (Lipinski definition) is 0. The van der Waals surface area contributed by atoms with Gasteiger partial charge in [-0.15, -0.1) is 0 Å². The fourth-order valence-corrected chi connectivity index (χ4v) is 6.95. The molecule has 0 N–H and O–H groups in total. The highest BCUT2D eigenvalue weighted by atomic mass is 16.6. The summed E-state index contributed by atoms with van der Waals surface area (Å²) in [5.41, 5.74) is 0.0584. The van der Waals surface area contributed by atoms with Crippen LogP contribution in [0.5, 0.6) is 0 Å². The van der Waals surface area contributed by atoms with Gasteiger partial charge in [-0.25, -0.2) is 0 Å². The third-order valence-corrected chi connectivity index (χ3v) is 8.93. The van der Waals surface area contributed by atoms with Crippen molar-refractivity contribution in [1.29, 1.82) is 0 Å². The third kappa shape index (κ3) is 5.48. The molecular weight excluding hydrogens is 484 g/mol. The third-order valence-electron chi connectivity index (χ3n) is 8.93. The zero-order chi connectivity index (χ0) is 27.3. The number of ether oxygens (including phenoxy) is 2. The Balaban J connectivity index is 1.47. The summed E-state index contributed by atoms with van der Waals surface area (Å²) < 4.78 is 9.94. The molecule has 0 bridgehead atoms. The molecule has 0 spiro atoms. The summed E-state index contributed by atoms with van der Waals surface area (Å²) in [4.78, 5) is 64.5. The quantitative estimate of drug-likeness (QED) is 0.174. The molecule has 0 radical (unpaired) electrons. The fraction of sp³-hybridized carbons (Fsp3) is 0.645. The number of fused-ring (bicyclic) bond motifs is 3. The first-order chi connectivity index (χ1) is 18.3. The Bertz CT molecular complexity index is 1080. The van der Waals surface area contributed by atoms with E-state index in [0.29, 0.717) is 17.5 Å². The van der Waals surface area contributed by atoms with Crippen molar-refractivity contribution in [2.24, 2.45) is 17.8 Å². The lowest BCUT2D eigenvalue weighted by molar-refractivity contribution is -0.158. The maximum atomic E-state index is 13.9. The lowest BCUT2D eigenvalue weighted by Crippen LogP contribution is -2.54. The zero-order valence-electron chi connectivity index (χ0n) is 22.7. The van der Waals surface area contributed by atoms with E-state index >= 15 is 0 Å². The zero-order valence-corrected chi connectivity index (χ0v) is 22.7. The Morgan fingerprint density at radius 3 is 2.03 bits per heavy atom. The van der Waals surface area contributed by atoms with Crippen LogP contribution in [0, 0.1) is 17.8 Å². The van der Waals surface area contributed by atoms with Gasteiger partial charge < -0.3 is 9.47 Å². The van der Waals surface area contributed by atoms with Gasteiger partial charge in [0.1, 0.15) is 5.78 Å². The van der Waals surface area contributed by atoms with Crippen molar-refractivity contribution in [3.63, 3.8) is 0 Å². The number of rotatable bonds is 14. The van der Waals surface area contributed by atoms with E-state index in [1.807, 2.05) is 0 Å². The Morgan fingerprint density at radius 1 is 0.816 bits per heavy atom. The first-order valence-electron chi connectivity index (χ1n) is 14.4. The maximum Gasteiger partial charge on any atom is 0.321 e. The summed E-state index contributed by atoms with van der Waals surface area (Å²) in [6, 6.07) is 7.09. The van der Waals surface area contributed by atoms with Crippen molar-refractivity contribution in [3.05, 3.63) is 35.4 Å². The van der Waals surface area contributed by atoms with Crippen molar-refractivity contribution in [3.8, 4) is 0 Å². The molecular formula is C31H40O7. The number of carbonyl (C=O) groups excluding carboxylic acids is 5. The molecule has 0 saturated carbocycles. The van der Waals surface area contributed by atoms with Gasteiger partial charge >= 0.3 is 23.9 Å². The van der Waals surface area contributed by atoms with E-state index in [2.05, 4.69) is 6.92 Å². The van der Waals surface area contributed by atoms with Crippen LogP contribution in [0.2, 0.25) is 0 Å². The van der Waals surface area contributed by atoms with E-state index in [4.69, 9.17) is 9.47 Å². The summed E-state index contributed by atoms with van der Waals surface area (Å²) in [6.45, 7) is 3.99. The Labute approximate surface area is 225 Å². The molecule has 5 atom stereocenters. The minimum atomic E-state index is -1.17. The van der Waals surface area contributed by atoms with E-state index in [9.17, 15) is 24.0 Å². The molecule has 1 aromatic carbocycles. The SMILES string of the molecule is CCCCCCCCCCCCCC(=O)C1C2C(=O)OC(=O)C2c2ccccc2C1(C)C1CC(=O)OC1=O. The lowest BCUT2D eigenvalue weighted by Gasteiger charge is -2.47. The van der Waals surface area contributed by atoms with E-state index in [-0.39, 0.29) is 18.6 Å². The average molecular weight is 525 g/mol. The largest absolute Gasteiger partial charge is 0.393 e. The summed E-state index contributed by atoms with van der Waals surface area (Å²) in [7, 11) is 0. The van der Waals surface area contributed by atoms with E-state index in [1.54, 1.807) is 31.2 Å². The van der Waals surface area contributed by atoms with Crippen LogP contribution in [0.15, 0.2) is 24.3 Å². The van der Waals surface area contributed by atoms with Gasteiger partial charge in [0.05, 0.1) is 24.2 Å². The van der Waals surface area contributed by atoms with Crippen molar-refractivity contribution in [2.45, 2.75) is 109 Å². The first kappa shape index (κ1) is 28.2. The van der Waals surface area contributed by atoms with Crippen LogP contribution in [0.4, 0.5) is 0 Å². The molecule has 1 aliphatic carbocycles. The minimum Gasteiger partial charge on any atom is -0.393 e. The van der Waals surface area contributed by atoms with Crippen molar-refractivity contribution in [1.82, 2.24) is 0 Å². The average Bonchev–Trinajstić information content (AvgIpc) is 3.39. The first-order valence-corrected chi connectivity index (χ1v) is 14.4. The van der Waals surface area contributed by atoms with Crippen LogP contribution in [0.25, 0.3) is 0 Å². The van der Waals surface area contributed by atoms with Crippen molar-refractivity contribution >= 4 is 29.7 Å². The highest BCUT2D eigenvalue weighted by Crippen LogP contribution is 2.58. The number of carbonyl (C=O) groups is 5. The Morgan fingerprint density at radius 2 is 1.42 bits per heavy atom. The molecule has 206 valence electrons. The van der Waals surface area contributed by atoms with Gasteiger partial charge in [-0.05, 0) is 17.5 Å². The molecule has 5 unspecified atom stereocenters. The van der Waals surface area contributed by atoms with Crippen molar-refractivity contribution < 1.29 is 33.4 Å². The molecule has 0 aromatic heterocycles. The topological polar surface area (TPSA) is 104 Å². The monoisotopic (exact) mass is 524 g/mol. The molecule has 4 rings (SSSR count). The standard InChI is InChI=1S/C31H40O7/c1-3-4-5-6-7-8-9-10-11-12-13-18-23(32)27-26-25(29(35)38-30(26)36)20-16-14-15-17-21(20)31(27,2)22-19-24(33)37-28(22)34/h14-17,22,25-27H,3-13,18-19H2,1-2H3. The Kier molecular flexibility index (Phi) is 9.16. The minimum absolute atomic E-state index is 0.160. The number of Topliss-reactive ketones (excluding diaryl/α,β-unsaturated/α-hetero) is 1. The molecule has 3 aliphatic rings. The normalized spacial score (nSPS) is 28.2. The second-order valence-corrected chi connectivity index (χ2v) is 11.4. The summed E-state index contributed by atoms with van der Waals surface area (Å²) in [5.74, 6) is -6.62. The van der Waals surface area contributed by atoms with Crippen molar-refractivity contribution in [2.75, 3.05) is 0 Å². The molecule has 2 saturated heterocycles. The van der Waals surface area contributed by atoms with Gasteiger partial charge in [0.2, 0.25) is 0 Å². The second-order valence-electron chi connectivity index (χ2n) is 11.4. The summed E-state index contributed by atoms with van der Waals surface area (Å²) >= 11 is 0. The molecule has 2 aliphatic heterocycles. The molecule has 7 nitrogen and oxygen atoms in total. The van der Waals surface area contributed by atoms with Crippen LogP contribution in [-0.4, -0.2) is 29.7 Å². The molecule has 38 heavy (non-hydrogen) atoms. The van der Waals surface area contributed by atoms with Crippen LogP contribution in [0.3, 0.4) is 0 Å². The van der Waals surface area contributed by atoms with E-state index in [0.717, 1.165) is 19.3 Å². The maximum absolute atomic E-state index is 13.9. The van der Waals surface area contributed by atoms with Gasteiger partial charge in [0.15, 0.2) is 0 Å². The molecule has 1 aromatic rings. The smallest absolute Gasteiger partial charge is 0.321 e. The number of hydrogen-bond acceptors (Lipinski definition) is 7. The van der Waals surface area contributed by atoms with Gasteiger partial charge in [0.25, 0.3) is 0 Å². The van der Waals surface area contributed by atoms with E-state index < -0.39 is 53.0 Å². The number of unbranched alkanes of at least 4 members (excludes halogenated alkanes) is 10. The predicted octanol–water partition coefficient (Wildman–Crippen LogP) is 5.72. The highest BCUT2D eigenvalue weighted by molar-refractivity contribution is 6.05. The molecule has 2 fully saturated rings. The summed E-state index contributed by atoms with van der Waals surface area (Å²) in [5, 5.41) is 0. The molecule has 7 heteroatoms. The van der Waals surface area contributed by atoms with Crippen LogP contribution >= 0.6 is 0 Å². The number of benzene rings is 1. The van der Waals surface area contributed by atoms with Gasteiger partial charge in [-0.3, -0.25) is 24.0 Å². The van der Waals surface area contributed by atoms with Gasteiger partial charge in [0, 0.05) is 17.8 Å². The van der Waals surface area contributed by atoms with Gasteiger partial charge in [-0.1, -0.05) is 102 Å². The number of esters is 4. The van der Waals surface area contributed by atoms with Crippen LogP contribution < -0.4 is 0 Å². The number of ketones is 1. The van der Waals surface area contributed by atoms with E-state index in [1.165, 1.54) is 44.9 Å². The highest BCUT2D eigenvalue weighted by Gasteiger charge is 2.65. The van der Waals surface area contributed by atoms with Gasteiger partial charge in [-0.2, -0.15) is 0 Å². The number of cyclic esters (lactones) is 4. The van der Waals surface area contributed by atoms with Crippen LogP contribution in [-0.2, 0) is 38.9 Å². The predicted molar refractivity (Wildman–Crippen MR) is 140 cm³/mol. The summed E-state index contributed by atoms with van der Waals surface area (Å²) in [6.07, 6.45) is 12.8. The molecule has 2 heterocycles. The van der Waals surface area contributed by atoms with Crippen LogP contribution in [0.1, 0.15) is 114 Å².